The topological polar surface area (TPSA) is 32.7 Å². The molecule has 0 saturated carbocycles. The summed E-state index contributed by atoms with van der Waals surface area (Å²) in [6, 6.07) is 16.5. The molecule has 0 bridgehead atoms. The third kappa shape index (κ3) is 4.91. The zero-order chi connectivity index (χ0) is 18.2. The van der Waals surface area contributed by atoms with Gasteiger partial charge >= 0.3 is 0 Å². The number of aliphatic hydroxyl groups excluding tert-OH is 1. The molecule has 2 aromatic rings. The lowest BCUT2D eigenvalue weighted by Crippen LogP contribution is -2.34. The van der Waals surface area contributed by atoms with Gasteiger partial charge in [-0.1, -0.05) is 42.7 Å². The van der Waals surface area contributed by atoms with Gasteiger partial charge in [0.05, 0.1) is 6.61 Å². The van der Waals surface area contributed by atoms with Gasteiger partial charge in [-0.3, -0.25) is 0 Å². The number of aliphatic hydroxyl groups is 1. The van der Waals surface area contributed by atoms with Crippen LogP contribution in [0.4, 0.5) is 0 Å². The molecule has 134 valence electrons. The monoisotopic (exact) mass is 347 g/mol. The van der Waals surface area contributed by atoms with Gasteiger partial charge in [0.25, 0.3) is 0 Å². The molecule has 0 aromatic heterocycles. The van der Waals surface area contributed by atoms with Crippen molar-refractivity contribution >= 4 is 0 Å². The highest BCUT2D eigenvalue weighted by Gasteiger charge is 2.18. The van der Waals surface area contributed by atoms with Gasteiger partial charge in [0, 0.05) is 37.9 Å². The van der Waals surface area contributed by atoms with Crippen LogP contribution in [0.25, 0.3) is 11.1 Å². The van der Waals surface area contributed by atoms with E-state index in [9.17, 15) is 0 Å². The maximum atomic E-state index is 8.77. The zero-order valence-corrected chi connectivity index (χ0v) is 15.0. The molecule has 1 aliphatic rings. The molecule has 1 aliphatic heterocycles. The number of nitrogens with zero attached hydrogens (tertiary/aromatic N) is 1. The Balaban J connectivity index is 1.59. The summed E-state index contributed by atoms with van der Waals surface area (Å²) in [4.78, 5) is 2.24. The van der Waals surface area contributed by atoms with Crippen LogP contribution in [0.15, 0.2) is 61.3 Å². The van der Waals surface area contributed by atoms with Crippen molar-refractivity contribution in [3.63, 3.8) is 0 Å². The van der Waals surface area contributed by atoms with E-state index in [0.29, 0.717) is 6.42 Å². The second kappa shape index (κ2) is 9.12. The Kier molecular flexibility index (Phi) is 6.35. The summed E-state index contributed by atoms with van der Waals surface area (Å²) >= 11 is 0. The van der Waals surface area contributed by atoms with Crippen LogP contribution in [-0.2, 0) is 0 Å². The first-order valence-electron chi connectivity index (χ1n) is 9.12. The molecule has 3 rings (SSSR count). The molecule has 2 aromatic carbocycles. The van der Waals surface area contributed by atoms with Gasteiger partial charge < -0.3 is 14.7 Å². The van der Waals surface area contributed by atoms with Crippen molar-refractivity contribution in [2.24, 2.45) is 0 Å². The highest BCUT2D eigenvalue weighted by atomic mass is 16.5. The predicted octanol–water partition coefficient (Wildman–Crippen LogP) is 4.07. The SMILES string of the molecule is C=CN1CCC(Oc2ccc(-c3ccc(C#CCCO)cc3)cc2)CC1. The Morgan fingerprint density at radius 3 is 2.23 bits per heavy atom. The number of rotatable bonds is 5. The van der Waals surface area contributed by atoms with Crippen LogP contribution in [-0.4, -0.2) is 35.8 Å². The van der Waals surface area contributed by atoms with Crippen molar-refractivity contribution in [2.75, 3.05) is 19.7 Å². The fraction of sp³-hybridized carbons (Fsp3) is 0.304. The molecule has 3 heteroatoms. The summed E-state index contributed by atoms with van der Waals surface area (Å²) < 4.78 is 6.11. The molecule has 1 fully saturated rings. The van der Waals surface area contributed by atoms with Crippen molar-refractivity contribution in [3.8, 4) is 28.7 Å². The lowest BCUT2D eigenvalue weighted by Gasteiger charge is -2.31. The Hall–Kier alpha value is -2.70. The minimum Gasteiger partial charge on any atom is -0.490 e. The van der Waals surface area contributed by atoms with E-state index in [4.69, 9.17) is 9.84 Å². The van der Waals surface area contributed by atoms with Crippen molar-refractivity contribution < 1.29 is 9.84 Å². The van der Waals surface area contributed by atoms with E-state index in [1.807, 2.05) is 30.5 Å². The molecule has 0 aliphatic carbocycles. The Morgan fingerprint density at radius 1 is 1.04 bits per heavy atom. The minimum absolute atomic E-state index is 0.104. The fourth-order valence-electron chi connectivity index (χ4n) is 3.06. The molecule has 0 atom stereocenters. The summed E-state index contributed by atoms with van der Waals surface area (Å²) in [5.41, 5.74) is 3.28. The largest absolute Gasteiger partial charge is 0.490 e. The second-order valence-electron chi connectivity index (χ2n) is 6.41. The first-order chi connectivity index (χ1) is 12.8. The number of piperidine rings is 1. The molecule has 0 unspecified atom stereocenters. The maximum Gasteiger partial charge on any atom is 0.119 e. The van der Waals surface area contributed by atoms with Crippen molar-refractivity contribution in [2.45, 2.75) is 25.4 Å². The van der Waals surface area contributed by atoms with E-state index in [1.165, 1.54) is 0 Å². The summed E-state index contributed by atoms with van der Waals surface area (Å²) in [7, 11) is 0. The van der Waals surface area contributed by atoms with Gasteiger partial charge in [0.15, 0.2) is 0 Å². The predicted molar refractivity (Wildman–Crippen MR) is 106 cm³/mol. The molecule has 1 N–H and O–H groups in total. The number of ether oxygens (including phenoxy) is 1. The quantitative estimate of drug-likeness (QED) is 0.828. The Labute approximate surface area is 155 Å². The number of benzene rings is 2. The lowest BCUT2D eigenvalue weighted by atomic mass is 10.0. The molecule has 1 heterocycles. The van der Waals surface area contributed by atoms with Gasteiger partial charge in [-0.05, 0) is 41.6 Å². The van der Waals surface area contributed by atoms with Gasteiger partial charge in [-0.25, -0.2) is 0 Å². The smallest absolute Gasteiger partial charge is 0.119 e. The van der Waals surface area contributed by atoms with Gasteiger partial charge in [0.1, 0.15) is 11.9 Å². The molecular weight excluding hydrogens is 322 g/mol. The highest BCUT2D eigenvalue weighted by Crippen LogP contribution is 2.25. The van der Waals surface area contributed by atoms with E-state index in [2.05, 4.69) is 47.6 Å². The normalized spacial score (nSPS) is 14.4. The molecular formula is C23H25NO2. The Bertz CT molecular complexity index is 761. The summed E-state index contributed by atoms with van der Waals surface area (Å²) in [6.07, 6.45) is 4.78. The van der Waals surface area contributed by atoms with E-state index in [-0.39, 0.29) is 12.7 Å². The van der Waals surface area contributed by atoms with E-state index in [0.717, 1.165) is 48.4 Å². The van der Waals surface area contributed by atoms with Crippen LogP contribution < -0.4 is 4.74 Å². The van der Waals surface area contributed by atoms with E-state index >= 15 is 0 Å². The third-order valence-electron chi connectivity index (χ3n) is 4.58. The molecule has 0 spiro atoms. The average Bonchev–Trinajstić information content (AvgIpc) is 2.70. The zero-order valence-electron chi connectivity index (χ0n) is 15.0. The highest BCUT2D eigenvalue weighted by molar-refractivity contribution is 5.65. The number of hydrogen-bond acceptors (Lipinski definition) is 3. The van der Waals surface area contributed by atoms with Crippen LogP contribution in [0.2, 0.25) is 0 Å². The van der Waals surface area contributed by atoms with Crippen LogP contribution >= 0.6 is 0 Å². The fourth-order valence-corrected chi connectivity index (χ4v) is 3.06. The van der Waals surface area contributed by atoms with Gasteiger partial charge in [-0.2, -0.15) is 0 Å². The van der Waals surface area contributed by atoms with E-state index < -0.39 is 0 Å². The van der Waals surface area contributed by atoms with Crippen molar-refractivity contribution in [1.29, 1.82) is 0 Å². The van der Waals surface area contributed by atoms with Crippen molar-refractivity contribution in [1.82, 2.24) is 4.90 Å². The van der Waals surface area contributed by atoms with Crippen LogP contribution in [0, 0.1) is 11.8 Å². The average molecular weight is 347 g/mol. The van der Waals surface area contributed by atoms with Gasteiger partial charge in [0.2, 0.25) is 0 Å². The van der Waals surface area contributed by atoms with Crippen molar-refractivity contribution in [3.05, 3.63) is 66.9 Å². The molecule has 26 heavy (non-hydrogen) atoms. The van der Waals surface area contributed by atoms with Gasteiger partial charge in [-0.15, -0.1) is 0 Å². The Morgan fingerprint density at radius 2 is 1.65 bits per heavy atom. The second-order valence-corrected chi connectivity index (χ2v) is 6.41. The molecule has 3 nitrogen and oxygen atoms in total. The van der Waals surface area contributed by atoms with Crippen LogP contribution in [0.1, 0.15) is 24.8 Å². The first-order valence-corrected chi connectivity index (χ1v) is 9.12. The lowest BCUT2D eigenvalue weighted by molar-refractivity contribution is 0.123. The van der Waals surface area contributed by atoms with E-state index in [1.54, 1.807) is 0 Å². The summed E-state index contributed by atoms with van der Waals surface area (Å²) in [6.45, 7) is 5.95. The molecule has 1 saturated heterocycles. The molecule has 0 radical (unpaired) electrons. The van der Waals surface area contributed by atoms with Crippen LogP contribution in [0.3, 0.4) is 0 Å². The first kappa shape index (κ1) is 18.1. The number of likely N-dealkylation sites (tertiary alicyclic amines) is 1. The standard InChI is InChI=1S/C23H25NO2/c1-2-24-16-14-23(15-17-24)26-22-12-10-21(11-13-22)20-8-6-19(7-9-20)5-3-4-18-25/h2,6-13,23,25H,1,4,14-18H2. The van der Waals surface area contributed by atoms with Crippen LogP contribution in [0.5, 0.6) is 5.75 Å². The third-order valence-corrected chi connectivity index (χ3v) is 4.58. The summed E-state index contributed by atoms with van der Waals surface area (Å²) in [5.74, 6) is 6.91. The number of hydrogen-bond donors (Lipinski definition) is 1. The summed E-state index contributed by atoms with van der Waals surface area (Å²) in [5, 5.41) is 8.77. The molecule has 0 amide bonds. The maximum absolute atomic E-state index is 8.77. The minimum atomic E-state index is 0.104.